The van der Waals surface area contributed by atoms with Gasteiger partial charge in [0.1, 0.15) is 17.4 Å². The highest BCUT2D eigenvalue weighted by Gasteiger charge is 2.30. The van der Waals surface area contributed by atoms with Gasteiger partial charge in [-0.1, -0.05) is 12.1 Å². The molecule has 188 valence electrons. The molecule has 0 saturated heterocycles. The molecule has 0 spiro atoms. The van der Waals surface area contributed by atoms with Crippen LogP contribution in [0, 0.1) is 20.8 Å². The summed E-state index contributed by atoms with van der Waals surface area (Å²) >= 11 is 1.39. The summed E-state index contributed by atoms with van der Waals surface area (Å²) in [7, 11) is 1.34. The Morgan fingerprint density at radius 1 is 1.09 bits per heavy atom. The smallest absolute Gasteiger partial charge is 0.416 e. The van der Waals surface area contributed by atoms with Crippen LogP contribution in [0.1, 0.15) is 39.7 Å². The van der Waals surface area contributed by atoms with E-state index >= 15 is 0 Å². The van der Waals surface area contributed by atoms with Crippen molar-refractivity contribution in [1.82, 2.24) is 4.98 Å². The summed E-state index contributed by atoms with van der Waals surface area (Å²) in [6.07, 6.45) is -4.63. The lowest BCUT2D eigenvalue weighted by molar-refractivity contribution is -0.153. The molecule has 0 radical (unpaired) electrons. The Labute approximate surface area is 206 Å². The number of alkyl halides is 3. The third kappa shape index (κ3) is 6.61. The number of aromatic nitrogens is 1. The highest BCUT2D eigenvalue weighted by Crippen LogP contribution is 2.33. The van der Waals surface area contributed by atoms with E-state index in [1.807, 2.05) is 39.8 Å². The molecule has 3 rings (SSSR count). The zero-order valence-electron chi connectivity index (χ0n) is 20.3. The van der Waals surface area contributed by atoms with Crippen molar-refractivity contribution >= 4 is 17.3 Å². The molecular weight excluding hydrogens is 479 g/mol. The van der Waals surface area contributed by atoms with Crippen molar-refractivity contribution in [3.8, 4) is 16.3 Å². The number of esters is 1. The maximum Gasteiger partial charge on any atom is 0.416 e. The third-order valence-electron chi connectivity index (χ3n) is 5.61. The van der Waals surface area contributed by atoms with Gasteiger partial charge in [-0.05, 0) is 68.7 Å². The number of hydrogen-bond donors (Lipinski definition) is 0. The predicted molar refractivity (Wildman–Crippen MR) is 129 cm³/mol. The van der Waals surface area contributed by atoms with Crippen molar-refractivity contribution in [3.63, 3.8) is 0 Å². The fraction of sp³-hybridized carbons (Fsp3) is 0.385. The lowest BCUT2D eigenvalue weighted by atomic mass is 9.97. The molecule has 0 aliphatic heterocycles. The molecule has 3 aromatic rings. The van der Waals surface area contributed by atoms with Crippen molar-refractivity contribution in [2.75, 3.05) is 13.7 Å². The van der Waals surface area contributed by atoms with Crippen LogP contribution in [0.5, 0.6) is 5.75 Å². The van der Waals surface area contributed by atoms with Crippen LogP contribution in [0.25, 0.3) is 10.6 Å². The van der Waals surface area contributed by atoms with Gasteiger partial charge < -0.3 is 14.2 Å². The molecule has 9 heteroatoms. The molecule has 1 aromatic heterocycles. The molecule has 0 aliphatic carbocycles. The Kier molecular flexibility index (Phi) is 8.56. The van der Waals surface area contributed by atoms with E-state index in [2.05, 4.69) is 4.98 Å². The Hall–Kier alpha value is -2.91. The van der Waals surface area contributed by atoms with Gasteiger partial charge in [0, 0.05) is 18.6 Å². The van der Waals surface area contributed by atoms with Gasteiger partial charge in [0.25, 0.3) is 0 Å². The van der Waals surface area contributed by atoms with E-state index in [0.717, 1.165) is 39.4 Å². The van der Waals surface area contributed by atoms with Crippen LogP contribution in [0.2, 0.25) is 0 Å². The summed E-state index contributed by atoms with van der Waals surface area (Å²) in [6.45, 7) is 8.28. The van der Waals surface area contributed by atoms with Crippen molar-refractivity contribution in [2.24, 2.45) is 0 Å². The zero-order valence-corrected chi connectivity index (χ0v) is 21.1. The molecule has 0 bridgehead atoms. The van der Waals surface area contributed by atoms with Gasteiger partial charge in [-0.15, -0.1) is 11.3 Å². The maximum atomic E-state index is 12.8. The lowest BCUT2D eigenvalue weighted by Gasteiger charge is -2.18. The molecule has 0 fully saturated rings. The number of aryl methyl sites for hydroxylation is 3. The number of nitrogens with zero attached hydrogens (tertiary/aromatic N) is 1. The molecule has 0 unspecified atom stereocenters. The van der Waals surface area contributed by atoms with Crippen molar-refractivity contribution in [3.05, 3.63) is 69.2 Å². The predicted octanol–water partition coefficient (Wildman–Crippen LogP) is 6.45. The summed E-state index contributed by atoms with van der Waals surface area (Å²) in [5.41, 5.74) is 3.65. The second-order valence-electron chi connectivity index (χ2n) is 8.10. The van der Waals surface area contributed by atoms with Gasteiger partial charge in [0.05, 0.1) is 23.2 Å². The fourth-order valence-electron chi connectivity index (χ4n) is 3.72. The first-order chi connectivity index (χ1) is 16.5. The quantitative estimate of drug-likeness (QED) is 0.312. The van der Waals surface area contributed by atoms with Gasteiger partial charge >= 0.3 is 12.1 Å². The minimum atomic E-state index is -4.37. The van der Waals surface area contributed by atoms with Crippen molar-refractivity contribution in [1.29, 1.82) is 0 Å². The number of carbonyl (C=O) groups excluding carboxylic acids is 1. The SMILES string of the molecule is CCO[C@@H](Cc1c(C)cc(OCc2sc(-c3ccc(C(F)(F)F)cc3)nc2C)cc1C)C(=O)OC. The van der Waals surface area contributed by atoms with E-state index < -0.39 is 23.8 Å². The van der Waals surface area contributed by atoms with Gasteiger partial charge in [-0.2, -0.15) is 13.2 Å². The molecular formula is C26H28F3NO4S. The van der Waals surface area contributed by atoms with E-state index in [1.165, 1.54) is 30.6 Å². The molecule has 2 aromatic carbocycles. The summed E-state index contributed by atoms with van der Waals surface area (Å²) in [6, 6.07) is 8.81. The number of carbonyl (C=O) groups is 1. The van der Waals surface area contributed by atoms with Crippen LogP contribution in [0.3, 0.4) is 0 Å². The molecule has 1 atom stereocenters. The first-order valence-corrected chi connectivity index (χ1v) is 11.9. The van der Waals surface area contributed by atoms with Crippen LogP contribution in [-0.4, -0.2) is 30.8 Å². The normalized spacial score (nSPS) is 12.5. The summed E-state index contributed by atoms with van der Waals surface area (Å²) in [5, 5.41) is 0.641. The van der Waals surface area contributed by atoms with Gasteiger partial charge in [-0.25, -0.2) is 9.78 Å². The van der Waals surface area contributed by atoms with E-state index in [9.17, 15) is 18.0 Å². The second kappa shape index (κ2) is 11.2. The number of halogens is 3. The van der Waals surface area contributed by atoms with Crippen LogP contribution >= 0.6 is 11.3 Å². The number of ether oxygens (including phenoxy) is 3. The minimum Gasteiger partial charge on any atom is -0.488 e. The van der Waals surface area contributed by atoms with Gasteiger partial charge in [-0.3, -0.25) is 0 Å². The van der Waals surface area contributed by atoms with Crippen LogP contribution in [0.15, 0.2) is 36.4 Å². The number of benzene rings is 2. The fourth-order valence-corrected chi connectivity index (χ4v) is 4.70. The summed E-state index contributed by atoms with van der Waals surface area (Å²) in [5.74, 6) is 0.272. The largest absolute Gasteiger partial charge is 0.488 e. The van der Waals surface area contributed by atoms with Crippen LogP contribution in [-0.2, 0) is 33.5 Å². The molecule has 0 amide bonds. The van der Waals surface area contributed by atoms with Gasteiger partial charge in [0.2, 0.25) is 0 Å². The summed E-state index contributed by atoms with van der Waals surface area (Å²) < 4.78 is 54.9. The van der Waals surface area contributed by atoms with E-state index in [1.54, 1.807) is 0 Å². The first kappa shape index (κ1) is 26.7. The second-order valence-corrected chi connectivity index (χ2v) is 9.18. The Morgan fingerprint density at radius 2 is 1.71 bits per heavy atom. The minimum absolute atomic E-state index is 0.284. The Bertz CT molecular complexity index is 1150. The number of thiazole rings is 1. The maximum absolute atomic E-state index is 12.8. The average molecular weight is 508 g/mol. The van der Waals surface area contributed by atoms with Crippen LogP contribution in [0.4, 0.5) is 13.2 Å². The van der Waals surface area contributed by atoms with E-state index in [4.69, 9.17) is 14.2 Å². The van der Waals surface area contributed by atoms with Crippen LogP contribution < -0.4 is 4.74 Å². The highest BCUT2D eigenvalue weighted by molar-refractivity contribution is 7.15. The number of rotatable bonds is 9. The monoisotopic (exact) mass is 507 g/mol. The molecule has 5 nitrogen and oxygen atoms in total. The van der Waals surface area contributed by atoms with Crippen molar-refractivity contribution in [2.45, 2.75) is 53.0 Å². The average Bonchev–Trinajstić information content (AvgIpc) is 3.18. The number of methoxy groups -OCH3 is 1. The Morgan fingerprint density at radius 3 is 2.26 bits per heavy atom. The molecule has 1 heterocycles. The topological polar surface area (TPSA) is 57.7 Å². The highest BCUT2D eigenvalue weighted by atomic mass is 32.1. The summed E-state index contributed by atoms with van der Waals surface area (Å²) in [4.78, 5) is 17.4. The van der Waals surface area contributed by atoms with E-state index in [-0.39, 0.29) is 6.61 Å². The lowest BCUT2D eigenvalue weighted by Crippen LogP contribution is -2.28. The standard InChI is InChI=1S/C26H28F3NO4S/c1-6-33-22(25(31)32-5)13-21-15(2)11-20(12-16(21)3)34-14-23-17(4)30-24(35-23)18-7-9-19(10-8-18)26(27,28)29/h7-12,22H,6,13-14H2,1-5H3/t22-/m0/s1. The van der Waals surface area contributed by atoms with Crippen molar-refractivity contribution < 1.29 is 32.2 Å². The molecule has 0 N–H and O–H groups in total. The zero-order chi connectivity index (χ0) is 25.8. The molecule has 0 aliphatic rings. The van der Waals surface area contributed by atoms with E-state index in [0.29, 0.717) is 29.3 Å². The molecule has 0 saturated carbocycles. The molecule has 35 heavy (non-hydrogen) atoms. The Balaban J connectivity index is 1.72. The van der Waals surface area contributed by atoms with Gasteiger partial charge in [0.15, 0.2) is 6.10 Å². The number of hydrogen-bond acceptors (Lipinski definition) is 6. The first-order valence-electron chi connectivity index (χ1n) is 11.1. The third-order valence-corrected chi connectivity index (χ3v) is 6.79.